The predicted molar refractivity (Wildman–Crippen MR) is 49.5 cm³/mol. The highest BCUT2D eigenvalue weighted by atomic mass is 16.3. The number of aliphatic hydroxyl groups excluding tert-OH is 1. The maximum absolute atomic E-state index is 9.27. The number of hydrogen-bond donors (Lipinski definition) is 1. The van der Waals surface area contributed by atoms with Gasteiger partial charge >= 0.3 is 0 Å². The number of rotatable bonds is 4. The third-order valence-corrected chi connectivity index (χ3v) is 1.22. The molecule has 0 atom stereocenters. The van der Waals surface area contributed by atoms with Gasteiger partial charge in [0.15, 0.2) is 0 Å². The molecule has 0 aliphatic rings. The largest absolute Gasteiger partial charge is 0.512 e. The van der Waals surface area contributed by atoms with Gasteiger partial charge in [0.05, 0.1) is 5.76 Å². The van der Waals surface area contributed by atoms with Gasteiger partial charge in [-0.2, -0.15) is 0 Å². The Morgan fingerprint density at radius 3 is 2.45 bits per heavy atom. The van der Waals surface area contributed by atoms with Gasteiger partial charge in [-0.25, -0.2) is 0 Å². The molecule has 0 bridgehead atoms. The van der Waals surface area contributed by atoms with E-state index in [1.54, 1.807) is 6.08 Å². The summed E-state index contributed by atoms with van der Waals surface area (Å²) >= 11 is 0. The fourth-order valence-electron chi connectivity index (χ4n) is 0.749. The van der Waals surface area contributed by atoms with Crippen molar-refractivity contribution in [1.29, 1.82) is 0 Å². The van der Waals surface area contributed by atoms with E-state index in [1.807, 2.05) is 19.9 Å². The van der Waals surface area contributed by atoms with Crippen LogP contribution < -0.4 is 0 Å². The van der Waals surface area contributed by atoms with Crippen LogP contribution in [0.4, 0.5) is 0 Å². The highest BCUT2D eigenvalue weighted by Crippen LogP contribution is 2.09. The standard InChI is InChI=1S/C10H16O/c1-5-9(4)7-10(11)6-8(2)3/h5-6,8,11H,1,4,7H2,2-3H3/b10-6-. The normalized spacial score (nSPS) is 11.7. The molecule has 11 heavy (non-hydrogen) atoms. The molecule has 0 aliphatic heterocycles. The molecule has 1 N–H and O–H groups in total. The summed E-state index contributed by atoms with van der Waals surface area (Å²) in [4.78, 5) is 0. The molecule has 62 valence electrons. The van der Waals surface area contributed by atoms with E-state index in [0.29, 0.717) is 18.1 Å². The van der Waals surface area contributed by atoms with Gasteiger partial charge in [0.1, 0.15) is 0 Å². The third kappa shape index (κ3) is 5.46. The highest BCUT2D eigenvalue weighted by Gasteiger charge is 1.95. The first-order valence-electron chi connectivity index (χ1n) is 3.76. The quantitative estimate of drug-likeness (QED) is 0.484. The molecule has 0 heterocycles. The number of allylic oxidation sites excluding steroid dienone is 3. The van der Waals surface area contributed by atoms with E-state index in [1.165, 1.54) is 0 Å². The van der Waals surface area contributed by atoms with E-state index in [9.17, 15) is 5.11 Å². The molecule has 0 aromatic heterocycles. The number of hydrogen-bond acceptors (Lipinski definition) is 1. The summed E-state index contributed by atoms with van der Waals surface area (Å²) in [7, 11) is 0. The van der Waals surface area contributed by atoms with Crippen molar-refractivity contribution in [3.63, 3.8) is 0 Å². The summed E-state index contributed by atoms with van der Waals surface area (Å²) in [5, 5.41) is 9.27. The summed E-state index contributed by atoms with van der Waals surface area (Å²) in [6.45, 7) is 11.3. The van der Waals surface area contributed by atoms with Gasteiger partial charge in [-0.15, -0.1) is 0 Å². The minimum Gasteiger partial charge on any atom is -0.512 e. The van der Waals surface area contributed by atoms with Crippen LogP contribution in [0.2, 0.25) is 0 Å². The highest BCUT2D eigenvalue weighted by molar-refractivity contribution is 5.17. The van der Waals surface area contributed by atoms with Crippen LogP contribution in [-0.2, 0) is 0 Å². The molecule has 0 spiro atoms. The van der Waals surface area contributed by atoms with Crippen molar-refractivity contribution in [2.45, 2.75) is 20.3 Å². The lowest BCUT2D eigenvalue weighted by atomic mass is 10.1. The zero-order valence-electron chi connectivity index (χ0n) is 7.30. The molecule has 0 amide bonds. The molecule has 0 rings (SSSR count). The summed E-state index contributed by atoms with van der Waals surface area (Å²) in [6.07, 6.45) is 3.99. The minimum absolute atomic E-state index is 0.380. The third-order valence-electron chi connectivity index (χ3n) is 1.22. The Morgan fingerprint density at radius 2 is 2.09 bits per heavy atom. The lowest BCUT2D eigenvalue weighted by Crippen LogP contribution is -1.87. The smallest absolute Gasteiger partial charge is 0.0928 e. The van der Waals surface area contributed by atoms with Crippen molar-refractivity contribution in [2.75, 3.05) is 0 Å². The van der Waals surface area contributed by atoms with Gasteiger partial charge in [0.25, 0.3) is 0 Å². The monoisotopic (exact) mass is 152 g/mol. The van der Waals surface area contributed by atoms with Crippen molar-refractivity contribution in [3.05, 3.63) is 36.6 Å². The zero-order chi connectivity index (χ0) is 8.85. The average Bonchev–Trinajstić information content (AvgIpc) is 1.85. The first-order chi connectivity index (χ1) is 5.06. The first-order valence-corrected chi connectivity index (χ1v) is 3.76. The SMILES string of the molecule is C=CC(=C)C/C(O)=C/C(C)C. The van der Waals surface area contributed by atoms with E-state index < -0.39 is 0 Å². The molecule has 0 radical (unpaired) electrons. The van der Waals surface area contributed by atoms with Crippen LogP contribution in [0.1, 0.15) is 20.3 Å². The van der Waals surface area contributed by atoms with Crippen molar-refractivity contribution >= 4 is 0 Å². The van der Waals surface area contributed by atoms with Gasteiger partial charge in [-0.3, -0.25) is 0 Å². The van der Waals surface area contributed by atoms with Crippen molar-refractivity contribution in [1.82, 2.24) is 0 Å². The van der Waals surface area contributed by atoms with Crippen molar-refractivity contribution < 1.29 is 5.11 Å². The zero-order valence-corrected chi connectivity index (χ0v) is 7.30. The Balaban J connectivity index is 3.95. The molecule has 1 heteroatoms. The Morgan fingerprint density at radius 1 is 1.55 bits per heavy atom. The molecule has 0 saturated heterocycles. The fourth-order valence-corrected chi connectivity index (χ4v) is 0.749. The van der Waals surface area contributed by atoms with Crippen LogP contribution in [0.15, 0.2) is 36.6 Å². The van der Waals surface area contributed by atoms with Crippen LogP contribution in [0.25, 0.3) is 0 Å². The van der Waals surface area contributed by atoms with Gasteiger partial charge < -0.3 is 5.11 Å². The van der Waals surface area contributed by atoms with Crippen LogP contribution in [0, 0.1) is 5.92 Å². The molecule has 0 aromatic carbocycles. The van der Waals surface area contributed by atoms with Crippen molar-refractivity contribution in [3.8, 4) is 0 Å². The molecular formula is C10H16O. The minimum atomic E-state index is 0.380. The van der Waals surface area contributed by atoms with E-state index >= 15 is 0 Å². The molecule has 0 unspecified atom stereocenters. The average molecular weight is 152 g/mol. The van der Waals surface area contributed by atoms with Crippen LogP contribution in [-0.4, -0.2) is 5.11 Å². The summed E-state index contributed by atoms with van der Waals surface area (Å²) in [5.74, 6) is 0.762. The molecule has 0 fully saturated rings. The molecule has 0 aromatic rings. The van der Waals surface area contributed by atoms with Crippen LogP contribution in [0.3, 0.4) is 0 Å². The lowest BCUT2D eigenvalue weighted by Gasteiger charge is -2.01. The van der Waals surface area contributed by atoms with Crippen LogP contribution in [0.5, 0.6) is 0 Å². The van der Waals surface area contributed by atoms with E-state index in [-0.39, 0.29) is 0 Å². The second-order valence-corrected chi connectivity index (χ2v) is 2.94. The summed E-state index contributed by atoms with van der Waals surface area (Å²) < 4.78 is 0. The van der Waals surface area contributed by atoms with Gasteiger partial charge in [-0.1, -0.05) is 33.1 Å². The second kappa shape index (κ2) is 4.78. The van der Waals surface area contributed by atoms with Gasteiger partial charge in [0, 0.05) is 6.42 Å². The van der Waals surface area contributed by atoms with Gasteiger partial charge in [-0.05, 0) is 17.6 Å². The molecular weight excluding hydrogens is 136 g/mol. The molecule has 0 aliphatic carbocycles. The van der Waals surface area contributed by atoms with E-state index in [4.69, 9.17) is 0 Å². The van der Waals surface area contributed by atoms with E-state index in [2.05, 4.69) is 13.2 Å². The first kappa shape index (κ1) is 10.0. The van der Waals surface area contributed by atoms with Crippen molar-refractivity contribution in [2.24, 2.45) is 5.92 Å². The molecule has 1 nitrogen and oxygen atoms in total. The summed E-state index contributed by atoms with van der Waals surface area (Å²) in [5.41, 5.74) is 0.847. The molecule has 0 saturated carbocycles. The topological polar surface area (TPSA) is 20.2 Å². The maximum Gasteiger partial charge on any atom is 0.0928 e. The Kier molecular flexibility index (Phi) is 4.35. The Bertz CT molecular complexity index is 175. The summed E-state index contributed by atoms with van der Waals surface area (Å²) in [6, 6.07) is 0. The van der Waals surface area contributed by atoms with E-state index in [0.717, 1.165) is 5.57 Å². The van der Waals surface area contributed by atoms with Gasteiger partial charge in [0.2, 0.25) is 0 Å². The maximum atomic E-state index is 9.27. The Labute approximate surface area is 68.7 Å². The lowest BCUT2D eigenvalue weighted by molar-refractivity contribution is 0.393. The van der Waals surface area contributed by atoms with Crippen LogP contribution >= 0.6 is 0 Å². The predicted octanol–water partition coefficient (Wildman–Crippen LogP) is 3.22. The Hall–Kier alpha value is -0.980. The number of aliphatic hydroxyl groups is 1. The fraction of sp³-hybridized carbons (Fsp3) is 0.400. The second-order valence-electron chi connectivity index (χ2n) is 2.94.